The summed E-state index contributed by atoms with van der Waals surface area (Å²) in [5.41, 5.74) is 0.691. The minimum Gasteiger partial charge on any atom is -0.445 e. The molecule has 34 heavy (non-hydrogen) atoms. The standard InChI is InChI=1S/C24H33ClFN3O5/c1-29(2)22(31)11-10-20(14-30)27-23(32)21(13-16-6-8-19(26)9-7-16)28-24(33)34-15-17-4-3-5-18(25)12-17/h3-5,12,14,16,19-21H,6-11,13,15H2,1-2H3,(H,27,32)(H,28,33)/t16?,19?,20-,21?/m0/s1. The summed E-state index contributed by atoms with van der Waals surface area (Å²) >= 11 is 5.94. The van der Waals surface area contributed by atoms with E-state index in [1.54, 1.807) is 38.4 Å². The van der Waals surface area contributed by atoms with Crippen LogP contribution in [0.3, 0.4) is 0 Å². The van der Waals surface area contributed by atoms with Gasteiger partial charge >= 0.3 is 6.09 Å². The zero-order chi connectivity index (χ0) is 25.1. The van der Waals surface area contributed by atoms with Crippen molar-refractivity contribution in [2.24, 2.45) is 5.92 Å². The molecule has 2 atom stereocenters. The zero-order valence-corrected chi connectivity index (χ0v) is 20.4. The quantitative estimate of drug-likeness (QED) is 0.456. The Labute approximate surface area is 204 Å². The molecular weight excluding hydrogens is 465 g/mol. The van der Waals surface area contributed by atoms with Crippen LogP contribution >= 0.6 is 11.6 Å². The Bertz CT molecular complexity index is 846. The summed E-state index contributed by atoms with van der Waals surface area (Å²) in [4.78, 5) is 50.1. The lowest BCUT2D eigenvalue weighted by Crippen LogP contribution is -2.51. The monoisotopic (exact) mass is 497 g/mol. The van der Waals surface area contributed by atoms with Gasteiger partial charge in [0.05, 0.1) is 6.04 Å². The maximum atomic E-state index is 13.5. The lowest BCUT2D eigenvalue weighted by atomic mass is 9.83. The Morgan fingerprint density at radius 3 is 2.53 bits per heavy atom. The number of aldehydes is 1. The molecule has 0 heterocycles. The predicted octanol–water partition coefficient (Wildman–Crippen LogP) is 3.41. The van der Waals surface area contributed by atoms with Crippen LogP contribution in [-0.4, -0.2) is 61.4 Å². The molecule has 188 valence electrons. The van der Waals surface area contributed by atoms with Gasteiger partial charge in [-0.1, -0.05) is 23.7 Å². The van der Waals surface area contributed by atoms with Crippen molar-refractivity contribution in [2.75, 3.05) is 14.1 Å². The first-order valence-corrected chi connectivity index (χ1v) is 11.8. The third kappa shape index (κ3) is 9.67. The number of hydrogen-bond acceptors (Lipinski definition) is 5. The molecule has 0 aromatic heterocycles. The number of carbonyl (C=O) groups excluding carboxylic acids is 4. The Morgan fingerprint density at radius 2 is 1.91 bits per heavy atom. The highest BCUT2D eigenvalue weighted by Gasteiger charge is 2.29. The van der Waals surface area contributed by atoms with Gasteiger partial charge in [-0.3, -0.25) is 9.59 Å². The first kappa shape index (κ1) is 27.6. The van der Waals surface area contributed by atoms with Crippen molar-refractivity contribution in [2.45, 2.75) is 69.8 Å². The van der Waals surface area contributed by atoms with Crippen molar-refractivity contribution in [3.05, 3.63) is 34.9 Å². The number of alkyl carbamates (subject to hydrolysis) is 1. The second-order valence-electron chi connectivity index (χ2n) is 8.83. The molecule has 0 saturated heterocycles. The van der Waals surface area contributed by atoms with Crippen LogP contribution in [0.4, 0.5) is 9.18 Å². The Morgan fingerprint density at radius 1 is 1.21 bits per heavy atom. The molecule has 1 fully saturated rings. The van der Waals surface area contributed by atoms with E-state index in [0.29, 0.717) is 49.0 Å². The predicted molar refractivity (Wildman–Crippen MR) is 126 cm³/mol. The molecule has 10 heteroatoms. The molecule has 0 radical (unpaired) electrons. The van der Waals surface area contributed by atoms with E-state index in [0.717, 1.165) is 0 Å². The highest BCUT2D eigenvalue weighted by molar-refractivity contribution is 6.30. The molecule has 3 amide bonds. The molecule has 1 aliphatic carbocycles. The second kappa shape index (κ2) is 13.9. The zero-order valence-electron chi connectivity index (χ0n) is 19.6. The van der Waals surface area contributed by atoms with Crippen LogP contribution in [0.15, 0.2) is 24.3 Å². The first-order valence-electron chi connectivity index (χ1n) is 11.5. The largest absolute Gasteiger partial charge is 0.445 e. The Balaban J connectivity index is 1.98. The van der Waals surface area contributed by atoms with Crippen LogP contribution in [0.2, 0.25) is 5.02 Å². The number of hydrogen-bond donors (Lipinski definition) is 2. The number of rotatable bonds is 11. The Hall–Kier alpha value is -2.68. The van der Waals surface area contributed by atoms with E-state index in [1.165, 1.54) is 4.90 Å². The molecule has 2 N–H and O–H groups in total. The number of amides is 3. The van der Waals surface area contributed by atoms with Crippen LogP contribution in [0, 0.1) is 5.92 Å². The van der Waals surface area contributed by atoms with Crippen molar-refractivity contribution < 1.29 is 28.3 Å². The number of alkyl halides is 1. The number of ether oxygens (including phenoxy) is 1. The van der Waals surface area contributed by atoms with Crippen molar-refractivity contribution in [3.8, 4) is 0 Å². The summed E-state index contributed by atoms with van der Waals surface area (Å²) in [6.45, 7) is -0.0305. The minimum atomic E-state index is -0.958. The number of benzene rings is 1. The average Bonchev–Trinajstić information content (AvgIpc) is 2.81. The molecule has 0 spiro atoms. The SMILES string of the molecule is CN(C)C(=O)CC[C@@H](C=O)NC(=O)C(CC1CCC(F)CC1)NC(=O)OCc1cccc(Cl)c1. The number of nitrogens with zero attached hydrogens (tertiary/aromatic N) is 1. The van der Waals surface area contributed by atoms with Gasteiger partial charge in [0.1, 0.15) is 25.1 Å². The van der Waals surface area contributed by atoms with Crippen molar-refractivity contribution in [3.63, 3.8) is 0 Å². The molecule has 1 saturated carbocycles. The van der Waals surface area contributed by atoms with Gasteiger partial charge in [0.25, 0.3) is 0 Å². The minimum absolute atomic E-state index is 0.0305. The van der Waals surface area contributed by atoms with Gasteiger partial charge in [-0.15, -0.1) is 0 Å². The van der Waals surface area contributed by atoms with Gasteiger partial charge < -0.3 is 25.1 Å². The maximum absolute atomic E-state index is 13.5. The van der Waals surface area contributed by atoms with E-state index in [2.05, 4.69) is 10.6 Å². The average molecular weight is 498 g/mol. The fourth-order valence-electron chi connectivity index (χ4n) is 3.84. The molecule has 1 aromatic rings. The molecular formula is C24H33ClFN3O5. The van der Waals surface area contributed by atoms with Crippen LogP contribution in [-0.2, 0) is 25.7 Å². The summed E-state index contributed by atoms with van der Waals surface area (Å²) in [6.07, 6.45) is 1.54. The third-order valence-electron chi connectivity index (χ3n) is 5.87. The topological polar surface area (TPSA) is 105 Å². The summed E-state index contributed by atoms with van der Waals surface area (Å²) in [7, 11) is 3.22. The number of carbonyl (C=O) groups is 4. The van der Waals surface area contributed by atoms with Crippen LogP contribution in [0.25, 0.3) is 0 Å². The Kier molecular flexibility index (Phi) is 11.3. The van der Waals surface area contributed by atoms with Gasteiger partial charge in [0.2, 0.25) is 11.8 Å². The number of nitrogens with one attached hydrogen (secondary N) is 2. The summed E-state index contributed by atoms with van der Waals surface area (Å²) < 4.78 is 18.8. The van der Waals surface area contributed by atoms with Gasteiger partial charge in [0, 0.05) is 25.5 Å². The van der Waals surface area contributed by atoms with Gasteiger partial charge in [-0.2, -0.15) is 0 Å². The van der Waals surface area contributed by atoms with Gasteiger partial charge in [-0.25, -0.2) is 9.18 Å². The highest BCUT2D eigenvalue weighted by Crippen LogP contribution is 2.29. The second-order valence-corrected chi connectivity index (χ2v) is 9.27. The molecule has 2 rings (SSSR count). The summed E-state index contributed by atoms with van der Waals surface area (Å²) in [5.74, 6) is -0.652. The molecule has 8 nitrogen and oxygen atoms in total. The van der Waals surface area contributed by atoms with E-state index >= 15 is 0 Å². The first-order chi connectivity index (χ1) is 16.2. The lowest BCUT2D eigenvalue weighted by Gasteiger charge is -2.28. The van der Waals surface area contributed by atoms with Crippen LogP contribution < -0.4 is 10.6 Å². The van der Waals surface area contributed by atoms with E-state index in [9.17, 15) is 23.6 Å². The maximum Gasteiger partial charge on any atom is 0.408 e. The van der Waals surface area contributed by atoms with Crippen LogP contribution in [0.5, 0.6) is 0 Å². The van der Waals surface area contributed by atoms with Crippen molar-refractivity contribution >= 4 is 35.8 Å². The smallest absolute Gasteiger partial charge is 0.408 e. The molecule has 0 bridgehead atoms. The van der Waals surface area contributed by atoms with E-state index in [1.807, 2.05) is 0 Å². The van der Waals surface area contributed by atoms with Crippen molar-refractivity contribution in [1.82, 2.24) is 15.5 Å². The fourth-order valence-corrected chi connectivity index (χ4v) is 4.05. The van der Waals surface area contributed by atoms with Gasteiger partial charge in [-0.05, 0) is 62.1 Å². The summed E-state index contributed by atoms with van der Waals surface area (Å²) in [6, 6.07) is 5.02. The van der Waals surface area contributed by atoms with Crippen LogP contribution in [0.1, 0.15) is 50.5 Å². The lowest BCUT2D eigenvalue weighted by molar-refractivity contribution is -0.130. The molecule has 1 aliphatic rings. The summed E-state index contributed by atoms with van der Waals surface area (Å²) in [5, 5.41) is 5.70. The van der Waals surface area contributed by atoms with Gasteiger partial charge in [0.15, 0.2) is 0 Å². The highest BCUT2D eigenvalue weighted by atomic mass is 35.5. The fraction of sp³-hybridized carbons (Fsp3) is 0.583. The van der Waals surface area contributed by atoms with E-state index in [-0.39, 0.29) is 31.3 Å². The number of halogens is 2. The van der Waals surface area contributed by atoms with Crippen molar-refractivity contribution in [1.29, 1.82) is 0 Å². The molecule has 0 aliphatic heterocycles. The molecule has 1 aromatic carbocycles. The normalized spacial score (nSPS) is 19.4. The third-order valence-corrected chi connectivity index (χ3v) is 6.11. The van der Waals surface area contributed by atoms with E-state index in [4.69, 9.17) is 16.3 Å². The van der Waals surface area contributed by atoms with E-state index < -0.39 is 30.3 Å². The molecule has 1 unspecified atom stereocenters.